The van der Waals surface area contributed by atoms with Crippen molar-refractivity contribution in [2.75, 3.05) is 21.7 Å². The number of alkyl halides is 4. The molecule has 1 saturated heterocycles. The fourth-order valence-corrected chi connectivity index (χ4v) is 10.2. The van der Waals surface area contributed by atoms with Crippen LogP contribution in [0, 0.1) is 5.82 Å². The van der Waals surface area contributed by atoms with E-state index in [1.807, 2.05) is 0 Å². The maximum Gasteiger partial charge on any atom is 0.387 e. The van der Waals surface area contributed by atoms with Gasteiger partial charge in [-0.1, -0.05) is 35.3 Å². The first-order valence-corrected chi connectivity index (χ1v) is 21.5. The summed E-state index contributed by atoms with van der Waals surface area (Å²) in [5.41, 5.74) is -0.916. The zero-order valence-electron chi connectivity index (χ0n) is 31.1. The van der Waals surface area contributed by atoms with Gasteiger partial charge in [0.05, 0.1) is 27.2 Å². The molecule has 5 aromatic carbocycles. The van der Waals surface area contributed by atoms with Crippen LogP contribution in [0.3, 0.4) is 0 Å². The Bertz CT molecular complexity index is 2600. The van der Waals surface area contributed by atoms with Crippen LogP contribution in [0.5, 0.6) is 11.5 Å². The van der Waals surface area contributed by atoms with Gasteiger partial charge in [-0.05, 0) is 122 Å². The van der Waals surface area contributed by atoms with Gasteiger partial charge in [-0.15, -0.1) is 0 Å². The van der Waals surface area contributed by atoms with E-state index in [2.05, 4.69) is 9.47 Å². The molecule has 1 amide bonds. The van der Waals surface area contributed by atoms with Crippen LogP contribution in [0.2, 0.25) is 10.0 Å². The lowest BCUT2D eigenvalue weighted by atomic mass is 10.0. The van der Waals surface area contributed by atoms with Gasteiger partial charge in [0.25, 0.3) is 20.0 Å². The lowest BCUT2D eigenvalue weighted by Gasteiger charge is -2.33. The van der Waals surface area contributed by atoms with E-state index < -0.39 is 102 Å². The summed E-state index contributed by atoms with van der Waals surface area (Å²) in [6.07, 6.45) is 0.965. The number of hydrogen-bond donors (Lipinski definition) is 1. The number of carboxylic acids is 1. The van der Waals surface area contributed by atoms with E-state index in [1.54, 1.807) is 0 Å². The molecule has 1 aliphatic heterocycles. The first-order valence-electron chi connectivity index (χ1n) is 17.9. The molecule has 0 bridgehead atoms. The molecule has 0 aliphatic carbocycles. The quantitative estimate of drug-likeness (QED) is 0.0957. The second kappa shape index (κ2) is 18.6. The highest BCUT2D eigenvalue weighted by molar-refractivity contribution is 7.93. The smallest absolute Gasteiger partial charge is 0.387 e. The predicted molar refractivity (Wildman–Crippen MR) is 214 cm³/mol. The first-order chi connectivity index (χ1) is 28.9. The molecule has 21 heteroatoms. The number of anilines is 2. The van der Waals surface area contributed by atoms with Gasteiger partial charge in [0, 0.05) is 22.2 Å². The van der Waals surface area contributed by atoms with Crippen molar-refractivity contribution in [2.45, 2.75) is 47.9 Å². The van der Waals surface area contributed by atoms with Gasteiger partial charge in [-0.25, -0.2) is 30.3 Å². The zero-order chi connectivity index (χ0) is 44.2. The summed E-state index contributed by atoms with van der Waals surface area (Å²) in [5, 5.41) is 11.2. The highest BCUT2D eigenvalue weighted by Crippen LogP contribution is 2.41. The highest BCUT2D eigenvalue weighted by atomic mass is 35.5. The minimum atomic E-state index is -5.23. The number of carboxylic acid groups (broad SMARTS) is 1. The third-order valence-corrected chi connectivity index (χ3v) is 13.6. The van der Waals surface area contributed by atoms with Crippen molar-refractivity contribution in [2.24, 2.45) is 0 Å². The SMILES string of the molecule is O=C(O)C(c1cc(OC(F)F)ccc1S(=O)(=O)N(CC(=O)N1CCCC1c1ccc(F)cc1)c1ccc(Cl)cc1)N(c1ccc(Cl)cc1)S(=O)(=O)c1ccc(OC(F)F)cc1. The van der Waals surface area contributed by atoms with Crippen LogP contribution < -0.4 is 18.1 Å². The number of amides is 1. The third kappa shape index (κ3) is 10.1. The highest BCUT2D eigenvalue weighted by Gasteiger charge is 2.43. The largest absolute Gasteiger partial charge is 0.479 e. The average molecular weight is 929 g/mol. The molecule has 322 valence electrons. The normalized spacial score (nSPS) is 14.8. The van der Waals surface area contributed by atoms with Crippen molar-refractivity contribution in [1.29, 1.82) is 0 Å². The lowest BCUT2D eigenvalue weighted by molar-refractivity contribution is -0.138. The van der Waals surface area contributed by atoms with E-state index in [1.165, 1.54) is 65.6 Å². The second-order valence-electron chi connectivity index (χ2n) is 13.2. The average Bonchev–Trinajstić information content (AvgIpc) is 3.70. The van der Waals surface area contributed by atoms with Crippen LogP contribution in [0.25, 0.3) is 0 Å². The second-order valence-corrected chi connectivity index (χ2v) is 17.7. The molecule has 0 radical (unpaired) electrons. The van der Waals surface area contributed by atoms with E-state index in [9.17, 15) is 45.1 Å². The Hall–Kier alpha value is -5.63. The lowest BCUT2D eigenvalue weighted by Crippen LogP contribution is -2.44. The molecule has 5 aromatic rings. The number of aliphatic carboxylic acids is 1. The molecule has 0 spiro atoms. The van der Waals surface area contributed by atoms with Gasteiger partial charge in [0.2, 0.25) is 5.91 Å². The Kier molecular flexibility index (Phi) is 13.7. The Labute approximate surface area is 356 Å². The van der Waals surface area contributed by atoms with E-state index in [0.717, 1.165) is 48.5 Å². The van der Waals surface area contributed by atoms with Crippen LogP contribution in [0.4, 0.5) is 33.3 Å². The van der Waals surface area contributed by atoms with E-state index in [4.69, 9.17) is 23.2 Å². The molecule has 1 fully saturated rings. The fourth-order valence-electron chi connectivity index (χ4n) is 6.78. The molecule has 61 heavy (non-hydrogen) atoms. The third-order valence-electron chi connectivity index (χ3n) is 9.45. The molecule has 0 aromatic heterocycles. The molecule has 2 atom stereocenters. The number of carbonyl (C=O) groups excluding carboxylic acids is 1. The van der Waals surface area contributed by atoms with Gasteiger partial charge >= 0.3 is 19.2 Å². The molecule has 6 rings (SSSR count). The van der Waals surface area contributed by atoms with Gasteiger partial charge in [-0.2, -0.15) is 17.6 Å². The number of halogens is 7. The first kappa shape index (κ1) is 44.9. The predicted octanol–water partition coefficient (Wildman–Crippen LogP) is 8.92. The van der Waals surface area contributed by atoms with Crippen molar-refractivity contribution >= 4 is 66.5 Å². The maximum atomic E-state index is 15.1. The van der Waals surface area contributed by atoms with Gasteiger partial charge in [0.15, 0.2) is 6.04 Å². The summed E-state index contributed by atoms with van der Waals surface area (Å²) in [7, 11) is -10.4. The summed E-state index contributed by atoms with van der Waals surface area (Å²) in [5.74, 6) is -4.49. The van der Waals surface area contributed by atoms with E-state index in [-0.39, 0.29) is 26.6 Å². The molecule has 1 aliphatic rings. The summed E-state index contributed by atoms with van der Waals surface area (Å²) in [4.78, 5) is 27.5. The zero-order valence-corrected chi connectivity index (χ0v) is 34.3. The van der Waals surface area contributed by atoms with Crippen molar-refractivity contribution in [1.82, 2.24) is 4.90 Å². The molecule has 2 unspecified atom stereocenters. The summed E-state index contributed by atoms with van der Waals surface area (Å²) < 4.78 is 136. The van der Waals surface area contributed by atoms with E-state index in [0.29, 0.717) is 28.8 Å². The minimum Gasteiger partial charge on any atom is -0.479 e. The monoisotopic (exact) mass is 927 g/mol. The van der Waals surface area contributed by atoms with Crippen LogP contribution >= 0.6 is 23.2 Å². The number of rotatable bonds is 16. The number of nitrogens with zero attached hydrogens (tertiary/aromatic N) is 3. The Balaban J connectivity index is 1.53. The van der Waals surface area contributed by atoms with Crippen LogP contribution in [0.1, 0.15) is 36.1 Å². The Morgan fingerprint density at radius 2 is 1.28 bits per heavy atom. The van der Waals surface area contributed by atoms with Gasteiger partial charge < -0.3 is 19.5 Å². The minimum absolute atomic E-state index is 0.0695. The van der Waals surface area contributed by atoms with Crippen molar-refractivity contribution in [3.63, 3.8) is 0 Å². The van der Waals surface area contributed by atoms with E-state index >= 15 is 8.42 Å². The Morgan fingerprint density at radius 3 is 1.84 bits per heavy atom. The molecule has 0 saturated carbocycles. The van der Waals surface area contributed by atoms with Crippen LogP contribution in [-0.2, 0) is 29.6 Å². The number of likely N-dealkylation sites (tertiary alicyclic amines) is 1. The molecule has 1 heterocycles. The number of carbonyl (C=O) groups is 2. The van der Waals surface area contributed by atoms with Gasteiger partial charge in [0.1, 0.15) is 23.9 Å². The summed E-state index contributed by atoms with van der Waals surface area (Å²) in [6, 6.07) is 17.4. The molecular formula is C40H32Cl2F5N3O9S2. The molecule has 1 N–H and O–H groups in total. The summed E-state index contributed by atoms with van der Waals surface area (Å²) >= 11 is 12.2. The number of benzene rings is 5. The fraction of sp³-hybridized carbons (Fsp3) is 0.200. The van der Waals surface area contributed by atoms with Crippen molar-refractivity contribution in [3.05, 3.63) is 142 Å². The van der Waals surface area contributed by atoms with Crippen LogP contribution in [-0.4, -0.2) is 65.0 Å². The summed E-state index contributed by atoms with van der Waals surface area (Å²) in [6.45, 7) is -7.52. The van der Waals surface area contributed by atoms with Crippen molar-refractivity contribution < 1.29 is 63.0 Å². The molecule has 12 nitrogen and oxygen atoms in total. The number of ether oxygens (including phenoxy) is 2. The maximum absolute atomic E-state index is 15.1. The van der Waals surface area contributed by atoms with Gasteiger partial charge in [-0.3, -0.25) is 9.10 Å². The standard InChI is InChI=1S/C40H32Cl2F5N3O9S2/c41-25-5-11-28(12-6-25)49(23-36(51)48-21-1-2-34(48)24-3-9-27(43)10-4-24)61(56,57)35-20-17-31(59-40(46)47)22-33(35)37(38(52)53)50(29-13-7-26(42)8-14-29)60(54,55)32-18-15-30(16-19-32)58-39(44)45/h3-20,22,34,37,39-40H,1-2,21,23H2,(H,52,53). The number of hydrogen-bond acceptors (Lipinski definition) is 8. The van der Waals surface area contributed by atoms with Crippen LogP contribution in [0.15, 0.2) is 125 Å². The Morgan fingerprint density at radius 1 is 0.738 bits per heavy atom. The van der Waals surface area contributed by atoms with Crippen molar-refractivity contribution in [3.8, 4) is 11.5 Å². The number of sulfonamides is 2. The molecular weight excluding hydrogens is 896 g/mol. The topological polar surface area (TPSA) is 151 Å².